The van der Waals surface area contributed by atoms with Crippen LogP contribution in [0.3, 0.4) is 0 Å². The van der Waals surface area contributed by atoms with Crippen molar-refractivity contribution in [3.8, 4) is 0 Å². The summed E-state index contributed by atoms with van der Waals surface area (Å²) in [6.45, 7) is 9.98. The lowest BCUT2D eigenvalue weighted by Gasteiger charge is -2.45. The van der Waals surface area contributed by atoms with Crippen molar-refractivity contribution in [2.45, 2.75) is 57.9 Å². The number of nitrogens with one attached hydrogen (secondary N) is 1. The highest BCUT2D eigenvalue weighted by atomic mass is 15.3. The highest BCUT2D eigenvalue weighted by molar-refractivity contribution is 5.37. The molecule has 1 N–H and O–H groups in total. The van der Waals surface area contributed by atoms with E-state index < -0.39 is 0 Å². The first-order chi connectivity index (χ1) is 11.6. The van der Waals surface area contributed by atoms with E-state index in [1.165, 1.54) is 51.9 Å². The average Bonchev–Trinajstić information content (AvgIpc) is 3.04. The zero-order valence-corrected chi connectivity index (χ0v) is 15.6. The second kappa shape index (κ2) is 7.79. The first kappa shape index (κ1) is 17.6. The molecule has 1 saturated heterocycles. The molecular weight excluding hydrogens is 298 g/mol. The SMILES string of the molecule is CCCc1cc(NCC2(N3CCN(C)CC3)CCCC2)nc(C)n1. The van der Waals surface area contributed by atoms with Gasteiger partial charge in [-0.3, -0.25) is 4.90 Å². The van der Waals surface area contributed by atoms with Gasteiger partial charge in [0, 0.05) is 50.0 Å². The molecule has 0 aromatic carbocycles. The minimum atomic E-state index is 0.324. The van der Waals surface area contributed by atoms with E-state index in [9.17, 15) is 0 Å². The molecule has 1 saturated carbocycles. The molecule has 0 spiro atoms. The van der Waals surface area contributed by atoms with Gasteiger partial charge in [0.15, 0.2) is 0 Å². The van der Waals surface area contributed by atoms with Gasteiger partial charge < -0.3 is 10.2 Å². The van der Waals surface area contributed by atoms with E-state index in [1.807, 2.05) is 6.92 Å². The van der Waals surface area contributed by atoms with E-state index in [0.29, 0.717) is 5.54 Å². The molecule has 2 heterocycles. The lowest BCUT2D eigenvalue weighted by Crippen LogP contribution is -2.58. The topological polar surface area (TPSA) is 44.3 Å². The predicted octanol–water partition coefficient (Wildman–Crippen LogP) is 2.71. The van der Waals surface area contributed by atoms with Crippen LogP contribution in [0.25, 0.3) is 0 Å². The Balaban J connectivity index is 1.68. The van der Waals surface area contributed by atoms with Gasteiger partial charge in [0.1, 0.15) is 11.6 Å². The summed E-state index contributed by atoms with van der Waals surface area (Å²) in [5, 5.41) is 3.67. The summed E-state index contributed by atoms with van der Waals surface area (Å²) in [6.07, 6.45) is 7.50. The van der Waals surface area contributed by atoms with Gasteiger partial charge in [0.2, 0.25) is 0 Å². The summed E-state index contributed by atoms with van der Waals surface area (Å²) in [4.78, 5) is 14.4. The Labute approximate surface area is 146 Å². The van der Waals surface area contributed by atoms with Crippen LogP contribution in [0, 0.1) is 6.92 Å². The van der Waals surface area contributed by atoms with Crippen molar-refractivity contribution in [3.63, 3.8) is 0 Å². The molecular formula is C19H33N5. The van der Waals surface area contributed by atoms with Crippen LogP contribution in [0.5, 0.6) is 0 Å². The summed E-state index contributed by atoms with van der Waals surface area (Å²) >= 11 is 0. The molecule has 2 fully saturated rings. The van der Waals surface area contributed by atoms with Gasteiger partial charge in [-0.05, 0) is 33.2 Å². The van der Waals surface area contributed by atoms with Gasteiger partial charge in [0.25, 0.3) is 0 Å². The van der Waals surface area contributed by atoms with Crippen LogP contribution in [0.2, 0.25) is 0 Å². The fraction of sp³-hybridized carbons (Fsp3) is 0.789. The van der Waals surface area contributed by atoms with E-state index in [1.54, 1.807) is 0 Å². The van der Waals surface area contributed by atoms with Crippen molar-refractivity contribution in [2.24, 2.45) is 0 Å². The Morgan fingerprint density at radius 2 is 1.83 bits per heavy atom. The van der Waals surface area contributed by atoms with E-state index >= 15 is 0 Å². The minimum absolute atomic E-state index is 0.324. The number of hydrogen-bond donors (Lipinski definition) is 1. The van der Waals surface area contributed by atoms with E-state index in [0.717, 1.165) is 36.7 Å². The molecule has 5 heteroatoms. The number of rotatable bonds is 6. The van der Waals surface area contributed by atoms with Crippen LogP contribution in [-0.2, 0) is 6.42 Å². The number of aryl methyl sites for hydroxylation is 2. The minimum Gasteiger partial charge on any atom is -0.368 e. The first-order valence-electron chi connectivity index (χ1n) is 9.63. The quantitative estimate of drug-likeness (QED) is 0.868. The van der Waals surface area contributed by atoms with Gasteiger partial charge in [-0.1, -0.05) is 26.2 Å². The lowest BCUT2D eigenvalue weighted by atomic mass is 9.93. The zero-order chi connectivity index (χ0) is 17.0. The molecule has 0 radical (unpaired) electrons. The van der Waals surface area contributed by atoms with E-state index in [2.05, 4.69) is 45.1 Å². The third-order valence-electron chi connectivity index (χ3n) is 5.70. The Morgan fingerprint density at radius 1 is 1.12 bits per heavy atom. The summed E-state index contributed by atoms with van der Waals surface area (Å²) in [6, 6.07) is 2.14. The predicted molar refractivity (Wildman–Crippen MR) is 99.5 cm³/mol. The summed E-state index contributed by atoms with van der Waals surface area (Å²) < 4.78 is 0. The first-order valence-corrected chi connectivity index (χ1v) is 9.63. The van der Waals surface area contributed by atoms with Crippen molar-refractivity contribution < 1.29 is 0 Å². The second-order valence-electron chi connectivity index (χ2n) is 7.62. The van der Waals surface area contributed by atoms with Crippen LogP contribution < -0.4 is 5.32 Å². The number of piperazine rings is 1. The molecule has 2 aliphatic rings. The Hall–Kier alpha value is -1.20. The molecule has 3 rings (SSSR count). The van der Waals surface area contributed by atoms with Crippen LogP contribution in [0.4, 0.5) is 5.82 Å². The fourth-order valence-electron chi connectivity index (χ4n) is 4.28. The van der Waals surface area contributed by atoms with E-state index in [4.69, 9.17) is 0 Å². The highest BCUT2D eigenvalue weighted by Gasteiger charge is 2.40. The Bertz CT molecular complexity index is 531. The maximum atomic E-state index is 4.62. The van der Waals surface area contributed by atoms with Crippen molar-refractivity contribution in [1.82, 2.24) is 19.8 Å². The van der Waals surface area contributed by atoms with Crippen molar-refractivity contribution in [1.29, 1.82) is 0 Å². The Morgan fingerprint density at radius 3 is 2.50 bits per heavy atom. The maximum absolute atomic E-state index is 4.62. The molecule has 0 bridgehead atoms. The van der Waals surface area contributed by atoms with Crippen molar-refractivity contribution in [3.05, 3.63) is 17.6 Å². The third kappa shape index (κ3) is 4.06. The summed E-state index contributed by atoms with van der Waals surface area (Å²) in [7, 11) is 2.23. The summed E-state index contributed by atoms with van der Waals surface area (Å²) in [5.74, 6) is 1.88. The molecule has 5 nitrogen and oxygen atoms in total. The number of nitrogens with zero attached hydrogens (tertiary/aromatic N) is 4. The third-order valence-corrected chi connectivity index (χ3v) is 5.70. The maximum Gasteiger partial charge on any atom is 0.129 e. The van der Waals surface area contributed by atoms with Gasteiger partial charge in [-0.2, -0.15) is 0 Å². The molecule has 1 aromatic heterocycles. The monoisotopic (exact) mass is 331 g/mol. The van der Waals surface area contributed by atoms with E-state index in [-0.39, 0.29) is 0 Å². The van der Waals surface area contributed by atoms with Gasteiger partial charge in [0.05, 0.1) is 0 Å². The number of likely N-dealkylation sites (N-methyl/N-ethyl adjacent to an activating group) is 1. The van der Waals surface area contributed by atoms with Gasteiger partial charge in [-0.15, -0.1) is 0 Å². The molecule has 0 amide bonds. The number of hydrogen-bond acceptors (Lipinski definition) is 5. The molecule has 0 unspecified atom stereocenters. The average molecular weight is 332 g/mol. The molecule has 24 heavy (non-hydrogen) atoms. The van der Waals surface area contributed by atoms with Crippen LogP contribution in [0.15, 0.2) is 6.07 Å². The lowest BCUT2D eigenvalue weighted by molar-refractivity contribution is 0.0510. The summed E-state index contributed by atoms with van der Waals surface area (Å²) in [5.41, 5.74) is 1.48. The molecule has 1 aliphatic carbocycles. The number of aromatic nitrogens is 2. The molecule has 0 atom stereocenters. The molecule has 1 aromatic rings. The standard InChI is InChI=1S/C19H33N5/c1-4-7-17-14-18(22-16(2)21-17)20-15-19(8-5-6-9-19)24-12-10-23(3)11-13-24/h14H,4-13,15H2,1-3H3,(H,20,21,22). The van der Waals surface area contributed by atoms with Crippen LogP contribution in [-0.4, -0.2) is 65.1 Å². The van der Waals surface area contributed by atoms with Gasteiger partial charge >= 0.3 is 0 Å². The Kier molecular flexibility index (Phi) is 5.72. The smallest absolute Gasteiger partial charge is 0.129 e. The second-order valence-corrected chi connectivity index (χ2v) is 7.62. The fourth-order valence-corrected chi connectivity index (χ4v) is 4.28. The largest absolute Gasteiger partial charge is 0.368 e. The molecule has 134 valence electrons. The number of anilines is 1. The van der Waals surface area contributed by atoms with Crippen LogP contribution >= 0.6 is 0 Å². The van der Waals surface area contributed by atoms with Crippen molar-refractivity contribution >= 4 is 5.82 Å². The van der Waals surface area contributed by atoms with Crippen molar-refractivity contribution in [2.75, 3.05) is 45.1 Å². The zero-order valence-electron chi connectivity index (χ0n) is 15.6. The van der Waals surface area contributed by atoms with Gasteiger partial charge in [-0.25, -0.2) is 9.97 Å². The molecule has 1 aliphatic heterocycles. The highest BCUT2D eigenvalue weighted by Crippen LogP contribution is 2.36. The van der Waals surface area contributed by atoms with Crippen LogP contribution in [0.1, 0.15) is 50.5 Å². The normalized spacial score (nSPS) is 22.0.